The van der Waals surface area contributed by atoms with Crippen LogP contribution in [0.5, 0.6) is 11.5 Å². The van der Waals surface area contributed by atoms with Gasteiger partial charge in [-0.05, 0) is 44.4 Å². The Morgan fingerprint density at radius 2 is 1.92 bits per heavy atom. The van der Waals surface area contributed by atoms with Gasteiger partial charge in [0.1, 0.15) is 17.2 Å². The summed E-state index contributed by atoms with van der Waals surface area (Å²) in [6.07, 6.45) is 6.31. The number of aromatic nitrogens is 4. The van der Waals surface area contributed by atoms with Gasteiger partial charge in [-0.25, -0.2) is 0 Å². The number of oxime groups is 1. The van der Waals surface area contributed by atoms with Gasteiger partial charge in [-0.2, -0.15) is 5.10 Å². The largest absolute Gasteiger partial charge is 0.497 e. The van der Waals surface area contributed by atoms with Gasteiger partial charge < -0.3 is 18.8 Å². The Labute approximate surface area is 215 Å². The van der Waals surface area contributed by atoms with Crippen LogP contribution >= 0.6 is 0 Å². The number of ether oxygens (including phenoxy) is 2. The van der Waals surface area contributed by atoms with E-state index in [1.807, 2.05) is 19.1 Å². The summed E-state index contributed by atoms with van der Waals surface area (Å²) in [7, 11) is 3.22. The Morgan fingerprint density at radius 3 is 2.68 bits per heavy atom. The van der Waals surface area contributed by atoms with Gasteiger partial charge in [-0.1, -0.05) is 37.1 Å². The molecule has 6 rings (SSSR count). The molecular formula is C28H31N5O4. The van der Waals surface area contributed by atoms with Crippen LogP contribution in [-0.4, -0.2) is 40.1 Å². The summed E-state index contributed by atoms with van der Waals surface area (Å²) in [5.41, 5.74) is 4.62. The van der Waals surface area contributed by atoms with E-state index in [1.54, 1.807) is 20.3 Å². The Morgan fingerprint density at radius 1 is 1.08 bits per heavy atom. The third-order valence-corrected chi connectivity index (χ3v) is 7.62. The van der Waals surface area contributed by atoms with Crippen molar-refractivity contribution in [2.75, 3.05) is 14.2 Å². The topological polar surface area (TPSA) is 96.8 Å². The van der Waals surface area contributed by atoms with Crippen molar-refractivity contribution in [1.29, 1.82) is 0 Å². The van der Waals surface area contributed by atoms with Crippen molar-refractivity contribution in [3.05, 3.63) is 53.4 Å². The van der Waals surface area contributed by atoms with Gasteiger partial charge in [0, 0.05) is 34.3 Å². The zero-order chi connectivity index (χ0) is 25.6. The number of benzene rings is 2. The van der Waals surface area contributed by atoms with Crippen LogP contribution in [0, 0.1) is 0 Å². The van der Waals surface area contributed by atoms with E-state index in [1.165, 1.54) is 36.6 Å². The minimum absolute atomic E-state index is 0.465. The summed E-state index contributed by atoms with van der Waals surface area (Å²) >= 11 is 0. The minimum atomic E-state index is -0.867. The molecule has 1 aliphatic carbocycles. The number of hydrogen-bond acceptors (Lipinski definition) is 8. The molecule has 3 heterocycles. The van der Waals surface area contributed by atoms with E-state index >= 15 is 0 Å². The molecule has 1 aliphatic heterocycles. The first-order valence-corrected chi connectivity index (χ1v) is 12.9. The summed E-state index contributed by atoms with van der Waals surface area (Å²) < 4.78 is 18.8. The molecule has 2 aromatic heterocycles. The average Bonchev–Trinajstić information content (AvgIpc) is 3.73. The SMILES string of the molecule is CCc1nn(C2CCCC2)c2cc(C3=NOC(C)(c4onnc4-c4ccc(OC)cc4OC)C3)ccc12. The second-order valence-electron chi connectivity index (χ2n) is 9.97. The first-order valence-electron chi connectivity index (χ1n) is 12.9. The number of methoxy groups -OCH3 is 2. The molecule has 2 aliphatic rings. The standard InChI is InChI=1S/C28H31N5O4/c1-5-22-20-12-10-17(14-24(20)33(30-22)18-8-6-7-9-18)23-16-28(2,37-31-23)27-26(29-32-36-27)21-13-11-19(34-3)15-25(21)35-4/h10-15,18H,5-9,16H2,1-4H3. The van der Waals surface area contributed by atoms with Crippen molar-refractivity contribution in [2.24, 2.45) is 5.16 Å². The van der Waals surface area contributed by atoms with Crippen molar-refractivity contribution in [2.45, 2.75) is 64.0 Å². The molecule has 0 N–H and O–H groups in total. The molecule has 2 aromatic carbocycles. The van der Waals surface area contributed by atoms with Crippen LogP contribution in [0.2, 0.25) is 0 Å². The molecule has 1 unspecified atom stereocenters. The van der Waals surface area contributed by atoms with Crippen LogP contribution in [0.4, 0.5) is 0 Å². The Balaban J connectivity index is 1.33. The Hall–Kier alpha value is -3.88. The van der Waals surface area contributed by atoms with E-state index in [0.717, 1.165) is 29.0 Å². The quantitative estimate of drug-likeness (QED) is 0.315. The average molecular weight is 502 g/mol. The molecule has 1 fully saturated rings. The van der Waals surface area contributed by atoms with Crippen molar-refractivity contribution >= 4 is 16.6 Å². The normalized spacial score (nSPS) is 19.8. The molecule has 192 valence electrons. The zero-order valence-corrected chi connectivity index (χ0v) is 21.7. The van der Waals surface area contributed by atoms with Crippen molar-refractivity contribution < 1.29 is 18.8 Å². The fourth-order valence-corrected chi connectivity index (χ4v) is 5.60. The maximum atomic E-state index is 6.03. The maximum Gasteiger partial charge on any atom is 0.211 e. The van der Waals surface area contributed by atoms with Gasteiger partial charge in [-0.3, -0.25) is 4.68 Å². The first-order chi connectivity index (χ1) is 18.0. The zero-order valence-electron chi connectivity index (χ0n) is 21.7. The highest BCUT2D eigenvalue weighted by Crippen LogP contribution is 2.43. The second kappa shape index (κ2) is 9.21. The molecule has 9 nitrogen and oxygen atoms in total. The number of nitrogens with zero attached hydrogens (tertiary/aromatic N) is 5. The van der Waals surface area contributed by atoms with Crippen LogP contribution in [-0.2, 0) is 16.9 Å². The summed E-state index contributed by atoms with van der Waals surface area (Å²) in [5, 5.41) is 18.8. The molecule has 0 amide bonds. The molecule has 9 heteroatoms. The molecule has 1 saturated carbocycles. The van der Waals surface area contributed by atoms with Crippen molar-refractivity contribution in [3.8, 4) is 22.8 Å². The monoisotopic (exact) mass is 501 g/mol. The van der Waals surface area contributed by atoms with Gasteiger partial charge in [0.25, 0.3) is 0 Å². The van der Waals surface area contributed by atoms with Crippen molar-refractivity contribution in [1.82, 2.24) is 20.2 Å². The van der Waals surface area contributed by atoms with E-state index in [4.69, 9.17) is 23.9 Å². The fourth-order valence-electron chi connectivity index (χ4n) is 5.60. The molecule has 0 radical (unpaired) electrons. The van der Waals surface area contributed by atoms with Crippen molar-refractivity contribution in [3.63, 3.8) is 0 Å². The van der Waals surface area contributed by atoms with E-state index in [9.17, 15) is 0 Å². The van der Waals surface area contributed by atoms with Gasteiger partial charge in [0.2, 0.25) is 11.4 Å². The summed E-state index contributed by atoms with van der Waals surface area (Å²) in [5.74, 6) is 1.79. The lowest BCUT2D eigenvalue weighted by Crippen LogP contribution is -2.22. The van der Waals surface area contributed by atoms with Gasteiger partial charge in [0.05, 0.1) is 37.2 Å². The van der Waals surface area contributed by atoms with E-state index in [2.05, 4.69) is 45.3 Å². The van der Waals surface area contributed by atoms with E-state index < -0.39 is 5.60 Å². The third kappa shape index (κ3) is 3.93. The van der Waals surface area contributed by atoms with Crippen LogP contribution in [0.15, 0.2) is 46.1 Å². The number of hydrogen-bond donors (Lipinski definition) is 0. The predicted molar refractivity (Wildman–Crippen MR) is 139 cm³/mol. The lowest BCUT2D eigenvalue weighted by atomic mass is 9.90. The van der Waals surface area contributed by atoms with Gasteiger partial charge in [0.15, 0.2) is 0 Å². The molecule has 0 bridgehead atoms. The highest BCUT2D eigenvalue weighted by molar-refractivity contribution is 6.04. The maximum absolute atomic E-state index is 6.03. The molecule has 0 spiro atoms. The lowest BCUT2D eigenvalue weighted by Gasteiger charge is -2.19. The third-order valence-electron chi connectivity index (χ3n) is 7.62. The summed E-state index contributed by atoms with van der Waals surface area (Å²) in [4.78, 5) is 6.03. The summed E-state index contributed by atoms with van der Waals surface area (Å²) in [6.45, 7) is 4.11. The predicted octanol–water partition coefficient (Wildman–Crippen LogP) is 5.82. The van der Waals surface area contributed by atoms with Crippen LogP contribution in [0.1, 0.15) is 69.0 Å². The fraction of sp³-hybridized carbons (Fsp3) is 0.429. The van der Waals surface area contributed by atoms with Crippen LogP contribution < -0.4 is 9.47 Å². The first kappa shape index (κ1) is 23.5. The number of fused-ring (bicyclic) bond motifs is 1. The van der Waals surface area contributed by atoms with Gasteiger partial charge in [-0.15, -0.1) is 5.10 Å². The van der Waals surface area contributed by atoms with Gasteiger partial charge >= 0.3 is 0 Å². The highest BCUT2D eigenvalue weighted by Gasteiger charge is 2.43. The second-order valence-corrected chi connectivity index (χ2v) is 9.97. The van der Waals surface area contributed by atoms with Crippen LogP contribution in [0.25, 0.3) is 22.2 Å². The van der Waals surface area contributed by atoms with Crippen LogP contribution in [0.3, 0.4) is 0 Å². The summed E-state index contributed by atoms with van der Waals surface area (Å²) in [6, 6.07) is 12.5. The minimum Gasteiger partial charge on any atom is -0.497 e. The van der Waals surface area contributed by atoms with E-state index in [0.29, 0.717) is 35.4 Å². The lowest BCUT2D eigenvalue weighted by molar-refractivity contribution is -0.0270. The molecule has 1 atom stereocenters. The number of aryl methyl sites for hydroxylation is 1. The Kier molecular flexibility index (Phi) is 5.85. The number of rotatable bonds is 7. The van der Waals surface area contributed by atoms with E-state index in [-0.39, 0.29) is 0 Å². The molecule has 0 saturated heterocycles. The molecule has 37 heavy (non-hydrogen) atoms. The highest BCUT2D eigenvalue weighted by atomic mass is 16.7. The molecule has 4 aromatic rings. The smallest absolute Gasteiger partial charge is 0.211 e. The molecular weight excluding hydrogens is 470 g/mol. The Bertz CT molecular complexity index is 1480.